The largest absolute Gasteiger partial charge is 0.383 e. The van der Waals surface area contributed by atoms with Gasteiger partial charge in [0.05, 0.1) is 11.6 Å². The Labute approximate surface area is 141 Å². The molecule has 0 saturated heterocycles. The molecule has 7 nitrogen and oxygen atoms in total. The quantitative estimate of drug-likeness (QED) is 0.723. The zero-order valence-electron chi connectivity index (χ0n) is 14.3. The first-order valence-electron chi connectivity index (χ1n) is 8.09. The van der Waals surface area contributed by atoms with Crippen LogP contribution in [0.3, 0.4) is 0 Å². The van der Waals surface area contributed by atoms with Crippen LogP contribution < -0.4 is 16.0 Å². The summed E-state index contributed by atoms with van der Waals surface area (Å²) in [6, 6.07) is 8.52. The SMILES string of the molecule is CCN(CCNc1nc(N)c2cnn(C)c2n1)c1cccc(C)c1. The Morgan fingerprint density at radius 2 is 2.12 bits per heavy atom. The number of fused-ring (bicyclic) bond motifs is 1. The van der Waals surface area contributed by atoms with Crippen LogP contribution in [0, 0.1) is 6.92 Å². The third-order valence-corrected chi connectivity index (χ3v) is 4.03. The van der Waals surface area contributed by atoms with Gasteiger partial charge in [0.1, 0.15) is 5.82 Å². The van der Waals surface area contributed by atoms with Gasteiger partial charge < -0.3 is 16.0 Å². The van der Waals surface area contributed by atoms with Crippen LogP contribution in [-0.4, -0.2) is 39.4 Å². The molecule has 126 valence electrons. The second-order valence-electron chi connectivity index (χ2n) is 5.78. The number of nitrogen functional groups attached to an aromatic ring is 1. The lowest BCUT2D eigenvalue weighted by Crippen LogP contribution is -2.29. The predicted octanol–water partition coefficient (Wildman–Crippen LogP) is 2.19. The molecule has 2 aromatic heterocycles. The van der Waals surface area contributed by atoms with Crippen molar-refractivity contribution >= 4 is 28.5 Å². The van der Waals surface area contributed by atoms with E-state index in [4.69, 9.17) is 5.73 Å². The maximum atomic E-state index is 5.98. The zero-order chi connectivity index (χ0) is 17.1. The highest BCUT2D eigenvalue weighted by Crippen LogP contribution is 2.18. The summed E-state index contributed by atoms with van der Waals surface area (Å²) in [7, 11) is 1.84. The van der Waals surface area contributed by atoms with Crippen LogP contribution in [0.25, 0.3) is 11.0 Å². The van der Waals surface area contributed by atoms with Gasteiger partial charge in [0.15, 0.2) is 5.65 Å². The summed E-state index contributed by atoms with van der Waals surface area (Å²) >= 11 is 0. The average molecular weight is 325 g/mol. The van der Waals surface area contributed by atoms with Gasteiger partial charge in [-0.2, -0.15) is 15.1 Å². The van der Waals surface area contributed by atoms with Gasteiger partial charge in [-0.1, -0.05) is 12.1 Å². The molecule has 0 aliphatic carbocycles. The lowest BCUT2D eigenvalue weighted by Gasteiger charge is -2.23. The second-order valence-corrected chi connectivity index (χ2v) is 5.78. The number of nitrogens with zero attached hydrogens (tertiary/aromatic N) is 5. The Hall–Kier alpha value is -2.83. The summed E-state index contributed by atoms with van der Waals surface area (Å²) in [5.41, 5.74) is 9.20. The minimum atomic E-state index is 0.446. The van der Waals surface area contributed by atoms with E-state index < -0.39 is 0 Å². The standard InChI is InChI=1S/C17H23N7/c1-4-24(13-7-5-6-12(2)10-13)9-8-19-17-21-15(18)14-11-20-23(3)16(14)22-17/h5-7,10-11H,4,8-9H2,1-3H3,(H3,18,19,21,22). The molecule has 0 amide bonds. The van der Waals surface area contributed by atoms with E-state index in [1.54, 1.807) is 10.9 Å². The first kappa shape index (κ1) is 16.0. The van der Waals surface area contributed by atoms with Gasteiger partial charge in [0.25, 0.3) is 0 Å². The molecule has 0 aliphatic heterocycles. The third kappa shape index (κ3) is 3.24. The number of benzene rings is 1. The molecule has 2 heterocycles. The van der Waals surface area contributed by atoms with Crippen LogP contribution in [-0.2, 0) is 7.05 Å². The molecule has 7 heteroatoms. The second kappa shape index (κ2) is 6.74. The van der Waals surface area contributed by atoms with E-state index in [0.717, 1.165) is 30.7 Å². The van der Waals surface area contributed by atoms with E-state index in [1.807, 2.05) is 7.05 Å². The number of hydrogen-bond donors (Lipinski definition) is 2. The molecule has 0 fully saturated rings. The van der Waals surface area contributed by atoms with Crippen LogP contribution in [0.4, 0.5) is 17.5 Å². The monoisotopic (exact) mass is 325 g/mol. The Kier molecular flexibility index (Phi) is 4.50. The van der Waals surface area contributed by atoms with Crippen molar-refractivity contribution < 1.29 is 0 Å². The number of aromatic nitrogens is 4. The molecular weight excluding hydrogens is 302 g/mol. The summed E-state index contributed by atoms with van der Waals surface area (Å²) in [6.07, 6.45) is 1.69. The van der Waals surface area contributed by atoms with Crippen LogP contribution in [0.5, 0.6) is 0 Å². The number of anilines is 3. The lowest BCUT2D eigenvalue weighted by atomic mass is 10.2. The number of aryl methyl sites for hydroxylation is 2. The normalized spacial score (nSPS) is 11.0. The van der Waals surface area contributed by atoms with E-state index in [1.165, 1.54) is 11.3 Å². The average Bonchev–Trinajstić information content (AvgIpc) is 2.93. The van der Waals surface area contributed by atoms with Gasteiger partial charge in [-0.25, -0.2) is 0 Å². The molecule has 0 bridgehead atoms. The summed E-state index contributed by atoms with van der Waals surface area (Å²) in [4.78, 5) is 11.1. The van der Waals surface area contributed by atoms with Crippen molar-refractivity contribution in [2.75, 3.05) is 35.6 Å². The first-order valence-corrected chi connectivity index (χ1v) is 8.09. The molecule has 0 aliphatic rings. The number of rotatable bonds is 6. The predicted molar refractivity (Wildman–Crippen MR) is 98.3 cm³/mol. The fraction of sp³-hybridized carbons (Fsp3) is 0.353. The highest BCUT2D eigenvalue weighted by atomic mass is 15.3. The Morgan fingerprint density at radius 3 is 2.88 bits per heavy atom. The molecule has 24 heavy (non-hydrogen) atoms. The topological polar surface area (TPSA) is 84.9 Å². The number of hydrogen-bond acceptors (Lipinski definition) is 6. The molecule has 3 N–H and O–H groups in total. The minimum Gasteiger partial charge on any atom is -0.383 e. The van der Waals surface area contributed by atoms with Crippen molar-refractivity contribution in [2.24, 2.45) is 7.05 Å². The molecule has 0 atom stereocenters. The van der Waals surface area contributed by atoms with Crippen molar-refractivity contribution in [3.05, 3.63) is 36.0 Å². The Bertz CT molecular complexity index is 840. The van der Waals surface area contributed by atoms with Crippen LogP contribution in [0.2, 0.25) is 0 Å². The molecular formula is C17H23N7. The fourth-order valence-electron chi connectivity index (χ4n) is 2.72. The summed E-state index contributed by atoms with van der Waals surface area (Å²) in [5.74, 6) is 0.977. The highest BCUT2D eigenvalue weighted by Gasteiger charge is 2.09. The first-order chi connectivity index (χ1) is 11.6. The van der Waals surface area contributed by atoms with Crippen molar-refractivity contribution in [3.63, 3.8) is 0 Å². The third-order valence-electron chi connectivity index (χ3n) is 4.03. The number of likely N-dealkylation sites (N-methyl/N-ethyl adjacent to an activating group) is 1. The molecule has 3 aromatic rings. The van der Waals surface area contributed by atoms with Gasteiger partial charge in [0, 0.05) is 32.4 Å². The van der Waals surface area contributed by atoms with Crippen LogP contribution in [0.1, 0.15) is 12.5 Å². The molecule has 0 radical (unpaired) electrons. The summed E-state index contributed by atoms with van der Waals surface area (Å²) in [6.45, 7) is 6.78. The van der Waals surface area contributed by atoms with Crippen molar-refractivity contribution in [3.8, 4) is 0 Å². The zero-order valence-corrected chi connectivity index (χ0v) is 14.3. The van der Waals surface area contributed by atoms with Crippen LogP contribution >= 0.6 is 0 Å². The van der Waals surface area contributed by atoms with E-state index in [2.05, 4.69) is 63.4 Å². The maximum absolute atomic E-state index is 5.98. The van der Waals surface area contributed by atoms with Gasteiger partial charge in [-0.05, 0) is 31.5 Å². The van der Waals surface area contributed by atoms with E-state index in [0.29, 0.717) is 11.8 Å². The van der Waals surface area contributed by atoms with Gasteiger partial charge in [-0.15, -0.1) is 0 Å². The number of nitrogens with two attached hydrogens (primary N) is 1. The summed E-state index contributed by atoms with van der Waals surface area (Å²) in [5, 5.41) is 8.20. The highest BCUT2D eigenvalue weighted by molar-refractivity contribution is 5.86. The molecule has 0 saturated carbocycles. The Balaban J connectivity index is 1.68. The Morgan fingerprint density at radius 1 is 1.29 bits per heavy atom. The van der Waals surface area contributed by atoms with E-state index in [-0.39, 0.29) is 0 Å². The van der Waals surface area contributed by atoms with Gasteiger partial charge in [-0.3, -0.25) is 4.68 Å². The molecule has 0 unspecified atom stereocenters. The van der Waals surface area contributed by atoms with Crippen molar-refractivity contribution in [1.29, 1.82) is 0 Å². The van der Waals surface area contributed by atoms with Crippen LogP contribution in [0.15, 0.2) is 30.5 Å². The molecule has 3 rings (SSSR count). The number of nitrogens with one attached hydrogen (secondary N) is 1. The molecule has 1 aromatic carbocycles. The minimum absolute atomic E-state index is 0.446. The van der Waals surface area contributed by atoms with Gasteiger partial charge >= 0.3 is 0 Å². The van der Waals surface area contributed by atoms with Gasteiger partial charge in [0.2, 0.25) is 5.95 Å². The smallest absolute Gasteiger partial charge is 0.226 e. The molecule has 0 spiro atoms. The van der Waals surface area contributed by atoms with E-state index in [9.17, 15) is 0 Å². The maximum Gasteiger partial charge on any atom is 0.226 e. The van der Waals surface area contributed by atoms with Crippen molar-refractivity contribution in [2.45, 2.75) is 13.8 Å². The van der Waals surface area contributed by atoms with Crippen molar-refractivity contribution in [1.82, 2.24) is 19.7 Å². The summed E-state index contributed by atoms with van der Waals surface area (Å²) < 4.78 is 1.70. The van der Waals surface area contributed by atoms with E-state index >= 15 is 0 Å². The fourth-order valence-corrected chi connectivity index (χ4v) is 2.72. The lowest BCUT2D eigenvalue weighted by molar-refractivity contribution is 0.784.